The van der Waals surface area contributed by atoms with E-state index in [0.717, 1.165) is 25.1 Å². The summed E-state index contributed by atoms with van der Waals surface area (Å²) in [6.07, 6.45) is 2.57. The molecule has 1 unspecified atom stereocenters. The van der Waals surface area contributed by atoms with Gasteiger partial charge >= 0.3 is 0 Å². The van der Waals surface area contributed by atoms with Crippen molar-refractivity contribution in [3.05, 3.63) is 17.8 Å². The Bertz CT molecular complexity index is 445. The molecule has 0 aromatic carbocycles. The van der Waals surface area contributed by atoms with Crippen LogP contribution in [0.15, 0.2) is 12.1 Å². The highest BCUT2D eigenvalue weighted by atomic mass is 16.5. The van der Waals surface area contributed by atoms with Gasteiger partial charge in [0.2, 0.25) is 11.8 Å². The largest absolute Gasteiger partial charge is 0.471 e. The lowest BCUT2D eigenvalue weighted by Crippen LogP contribution is -2.44. The molecule has 0 spiro atoms. The standard InChI is InChI=1S/C15H23N3O2/c1-11(2)9-15(19)18-8-4-5-13(10-18)20-14-7-6-12(3)16-17-14/h6-7,11,13H,4-5,8-10H2,1-3H3. The number of carbonyl (C=O) groups is 1. The number of nitrogens with zero attached hydrogens (tertiary/aromatic N) is 3. The molecule has 1 fully saturated rings. The summed E-state index contributed by atoms with van der Waals surface area (Å²) in [5, 5.41) is 8.00. The van der Waals surface area contributed by atoms with Crippen molar-refractivity contribution >= 4 is 5.91 Å². The number of rotatable bonds is 4. The van der Waals surface area contributed by atoms with Gasteiger partial charge in [-0.15, -0.1) is 5.10 Å². The highest BCUT2D eigenvalue weighted by molar-refractivity contribution is 5.76. The van der Waals surface area contributed by atoms with E-state index in [1.807, 2.05) is 24.0 Å². The average Bonchev–Trinajstić information content (AvgIpc) is 2.41. The van der Waals surface area contributed by atoms with Gasteiger partial charge in [-0.1, -0.05) is 13.8 Å². The number of ether oxygens (including phenoxy) is 1. The fraction of sp³-hybridized carbons (Fsp3) is 0.667. The third kappa shape index (κ3) is 4.18. The maximum atomic E-state index is 12.1. The zero-order chi connectivity index (χ0) is 14.5. The molecule has 1 amide bonds. The molecule has 1 atom stereocenters. The van der Waals surface area contributed by atoms with Gasteiger partial charge in [0, 0.05) is 19.0 Å². The third-order valence-corrected chi connectivity index (χ3v) is 3.37. The molecule has 0 saturated carbocycles. The highest BCUT2D eigenvalue weighted by Gasteiger charge is 2.25. The Hall–Kier alpha value is -1.65. The van der Waals surface area contributed by atoms with Crippen LogP contribution in [0.2, 0.25) is 0 Å². The number of carbonyl (C=O) groups excluding carboxylic acids is 1. The summed E-state index contributed by atoms with van der Waals surface area (Å²) in [5.74, 6) is 1.16. The van der Waals surface area contributed by atoms with Gasteiger partial charge in [0.15, 0.2) is 0 Å². The average molecular weight is 277 g/mol. The summed E-state index contributed by atoms with van der Waals surface area (Å²) in [5.41, 5.74) is 0.870. The van der Waals surface area contributed by atoms with Gasteiger partial charge in [0.25, 0.3) is 0 Å². The van der Waals surface area contributed by atoms with Gasteiger partial charge in [0.1, 0.15) is 6.10 Å². The number of hydrogen-bond donors (Lipinski definition) is 0. The fourth-order valence-corrected chi connectivity index (χ4v) is 2.36. The molecule has 110 valence electrons. The van der Waals surface area contributed by atoms with Gasteiger partial charge in [-0.25, -0.2) is 0 Å². The molecule has 2 heterocycles. The van der Waals surface area contributed by atoms with Crippen LogP contribution in [0.1, 0.15) is 38.8 Å². The van der Waals surface area contributed by atoms with Crippen molar-refractivity contribution in [3.63, 3.8) is 0 Å². The Morgan fingerprint density at radius 2 is 2.25 bits per heavy atom. The second kappa shape index (κ2) is 6.68. The number of likely N-dealkylation sites (tertiary alicyclic amines) is 1. The molecule has 5 nitrogen and oxygen atoms in total. The van der Waals surface area contributed by atoms with Crippen molar-refractivity contribution in [1.29, 1.82) is 0 Å². The summed E-state index contributed by atoms with van der Waals surface area (Å²) in [6, 6.07) is 3.71. The Morgan fingerprint density at radius 3 is 2.90 bits per heavy atom. The van der Waals surface area contributed by atoms with Crippen molar-refractivity contribution in [1.82, 2.24) is 15.1 Å². The topological polar surface area (TPSA) is 55.3 Å². The van der Waals surface area contributed by atoms with Crippen molar-refractivity contribution in [2.75, 3.05) is 13.1 Å². The molecule has 1 saturated heterocycles. The van der Waals surface area contributed by atoms with E-state index in [1.54, 1.807) is 0 Å². The molecule has 0 N–H and O–H groups in total. The first kappa shape index (κ1) is 14.8. The number of piperidine rings is 1. The molecule has 5 heteroatoms. The van der Waals surface area contributed by atoms with Crippen LogP contribution in [0.5, 0.6) is 5.88 Å². The van der Waals surface area contributed by atoms with Gasteiger partial charge in [-0.2, -0.15) is 5.10 Å². The van der Waals surface area contributed by atoms with Crippen molar-refractivity contribution in [2.45, 2.75) is 46.1 Å². The summed E-state index contributed by atoms with van der Waals surface area (Å²) in [7, 11) is 0. The van der Waals surface area contributed by atoms with Crippen LogP contribution in [0.25, 0.3) is 0 Å². The third-order valence-electron chi connectivity index (χ3n) is 3.37. The van der Waals surface area contributed by atoms with E-state index >= 15 is 0 Å². The molecule has 0 radical (unpaired) electrons. The maximum Gasteiger partial charge on any atom is 0.233 e. The first-order valence-electron chi connectivity index (χ1n) is 7.29. The fourth-order valence-electron chi connectivity index (χ4n) is 2.36. The molecule has 20 heavy (non-hydrogen) atoms. The van der Waals surface area contributed by atoms with E-state index in [4.69, 9.17) is 4.74 Å². The van der Waals surface area contributed by atoms with Crippen LogP contribution >= 0.6 is 0 Å². The van der Waals surface area contributed by atoms with Crippen LogP contribution in [-0.4, -0.2) is 40.2 Å². The Balaban J connectivity index is 1.90. The lowest BCUT2D eigenvalue weighted by Gasteiger charge is -2.33. The van der Waals surface area contributed by atoms with E-state index in [2.05, 4.69) is 24.0 Å². The molecule has 1 aromatic heterocycles. The molecule has 1 aliphatic rings. The smallest absolute Gasteiger partial charge is 0.233 e. The second-order valence-electron chi connectivity index (χ2n) is 5.83. The predicted octanol–water partition coefficient (Wildman–Crippen LogP) is 2.20. The first-order chi connectivity index (χ1) is 9.54. The minimum atomic E-state index is 0.0249. The van der Waals surface area contributed by atoms with Gasteiger partial charge in [-0.05, 0) is 31.7 Å². The van der Waals surface area contributed by atoms with Crippen molar-refractivity contribution < 1.29 is 9.53 Å². The van der Waals surface area contributed by atoms with Crippen LogP contribution < -0.4 is 4.74 Å². The van der Waals surface area contributed by atoms with Gasteiger partial charge in [0.05, 0.1) is 12.2 Å². The number of hydrogen-bond acceptors (Lipinski definition) is 4. The van der Waals surface area contributed by atoms with Crippen LogP contribution in [0.4, 0.5) is 0 Å². The minimum Gasteiger partial charge on any atom is -0.471 e. The molecule has 0 aliphatic carbocycles. The number of aryl methyl sites for hydroxylation is 1. The molecular formula is C15H23N3O2. The highest BCUT2D eigenvalue weighted by Crippen LogP contribution is 2.18. The second-order valence-corrected chi connectivity index (χ2v) is 5.83. The minimum absolute atomic E-state index is 0.0249. The SMILES string of the molecule is Cc1ccc(OC2CCCN(C(=O)CC(C)C)C2)nn1. The summed E-state index contributed by atoms with van der Waals surface area (Å²) < 4.78 is 5.83. The van der Waals surface area contributed by atoms with Crippen LogP contribution in [-0.2, 0) is 4.79 Å². The van der Waals surface area contributed by atoms with Crippen molar-refractivity contribution in [2.24, 2.45) is 5.92 Å². The van der Waals surface area contributed by atoms with Crippen LogP contribution in [0, 0.1) is 12.8 Å². The zero-order valence-corrected chi connectivity index (χ0v) is 12.5. The van der Waals surface area contributed by atoms with E-state index in [1.165, 1.54) is 0 Å². The van der Waals surface area contributed by atoms with Gasteiger partial charge in [-0.3, -0.25) is 4.79 Å². The Kier molecular flexibility index (Phi) is 4.93. The van der Waals surface area contributed by atoms with Crippen LogP contribution in [0.3, 0.4) is 0 Å². The summed E-state index contributed by atoms with van der Waals surface area (Å²) >= 11 is 0. The van der Waals surface area contributed by atoms with E-state index in [9.17, 15) is 4.79 Å². The lowest BCUT2D eigenvalue weighted by molar-refractivity contribution is -0.134. The van der Waals surface area contributed by atoms with Crippen molar-refractivity contribution in [3.8, 4) is 5.88 Å². The van der Waals surface area contributed by atoms with E-state index in [0.29, 0.717) is 24.8 Å². The Morgan fingerprint density at radius 1 is 1.45 bits per heavy atom. The normalized spacial score (nSPS) is 19.2. The van der Waals surface area contributed by atoms with E-state index < -0.39 is 0 Å². The zero-order valence-electron chi connectivity index (χ0n) is 12.5. The number of amides is 1. The van der Waals surface area contributed by atoms with Gasteiger partial charge < -0.3 is 9.64 Å². The Labute approximate surface area is 120 Å². The molecule has 2 rings (SSSR count). The molecular weight excluding hydrogens is 254 g/mol. The molecule has 1 aliphatic heterocycles. The quantitative estimate of drug-likeness (QED) is 0.846. The lowest BCUT2D eigenvalue weighted by atomic mass is 10.1. The molecule has 0 bridgehead atoms. The van der Waals surface area contributed by atoms with E-state index in [-0.39, 0.29) is 12.0 Å². The monoisotopic (exact) mass is 277 g/mol. The first-order valence-corrected chi connectivity index (χ1v) is 7.29. The summed E-state index contributed by atoms with van der Waals surface area (Å²) in [4.78, 5) is 14.0. The summed E-state index contributed by atoms with van der Waals surface area (Å²) in [6.45, 7) is 7.52. The molecule has 1 aromatic rings. The number of aromatic nitrogens is 2. The predicted molar refractivity (Wildman–Crippen MR) is 76.5 cm³/mol. The maximum absolute atomic E-state index is 12.1.